The summed E-state index contributed by atoms with van der Waals surface area (Å²) in [5.41, 5.74) is 1.04. The molecule has 1 unspecified atom stereocenters. The van der Waals surface area contributed by atoms with Gasteiger partial charge in [0.25, 0.3) is 0 Å². The van der Waals surface area contributed by atoms with E-state index in [1.54, 1.807) is 18.2 Å². The van der Waals surface area contributed by atoms with Crippen molar-refractivity contribution in [2.45, 2.75) is 5.54 Å². The number of phenolic OH excluding ortho intramolecular Hbond substituents is 1. The Morgan fingerprint density at radius 2 is 2.10 bits per heavy atom. The summed E-state index contributed by atoms with van der Waals surface area (Å²) in [6, 6.07) is 12.7. The minimum atomic E-state index is -0.691. The van der Waals surface area contributed by atoms with Gasteiger partial charge >= 0.3 is 0 Å². The molecule has 0 aromatic heterocycles. The van der Waals surface area contributed by atoms with Gasteiger partial charge in [0, 0.05) is 21.8 Å². The van der Waals surface area contributed by atoms with Gasteiger partial charge in [0.05, 0.1) is 6.61 Å². The Labute approximate surface area is 125 Å². The van der Waals surface area contributed by atoms with E-state index in [9.17, 15) is 10.2 Å². The molecular weight excluding hydrogens is 322 g/mol. The molecule has 104 valence electrons. The van der Waals surface area contributed by atoms with Crippen LogP contribution in [0.3, 0.4) is 0 Å². The minimum absolute atomic E-state index is 0.0999. The molecule has 5 heteroatoms. The molecule has 3 N–H and O–H groups in total. The Bertz CT molecular complexity index is 647. The zero-order chi connectivity index (χ0) is 14.2. The summed E-state index contributed by atoms with van der Waals surface area (Å²) in [5.74, 6) is 0.751. The highest BCUT2D eigenvalue weighted by Gasteiger charge is 2.40. The Hall–Kier alpha value is -1.72. The van der Waals surface area contributed by atoms with Gasteiger partial charge in [0.1, 0.15) is 23.6 Å². The van der Waals surface area contributed by atoms with Crippen LogP contribution in [0.15, 0.2) is 46.9 Å². The summed E-state index contributed by atoms with van der Waals surface area (Å²) in [6.45, 7) is 0.214. The number of halogens is 1. The lowest BCUT2D eigenvalue weighted by Crippen LogP contribution is -2.40. The van der Waals surface area contributed by atoms with Crippen molar-refractivity contribution in [1.29, 1.82) is 0 Å². The van der Waals surface area contributed by atoms with Crippen molar-refractivity contribution >= 4 is 21.6 Å². The molecule has 1 aliphatic rings. The van der Waals surface area contributed by atoms with Crippen molar-refractivity contribution in [1.82, 2.24) is 0 Å². The highest BCUT2D eigenvalue weighted by Crippen LogP contribution is 2.41. The molecule has 0 saturated heterocycles. The monoisotopic (exact) mass is 335 g/mol. The maximum atomic E-state index is 9.85. The van der Waals surface area contributed by atoms with Crippen LogP contribution in [0.5, 0.6) is 11.5 Å². The number of phenols is 1. The number of aromatic hydroxyl groups is 1. The second-order valence-corrected chi connectivity index (χ2v) is 5.76. The fourth-order valence-electron chi connectivity index (χ4n) is 2.42. The summed E-state index contributed by atoms with van der Waals surface area (Å²) in [7, 11) is 0. The van der Waals surface area contributed by atoms with Crippen molar-refractivity contribution in [3.63, 3.8) is 0 Å². The third kappa shape index (κ3) is 2.23. The fourth-order valence-corrected chi connectivity index (χ4v) is 2.82. The highest BCUT2D eigenvalue weighted by atomic mass is 79.9. The first kappa shape index (κ1) is 13.3. The van der Waals surface area contributed by atoms with Crippen LogP contribution in [0.25, 0.3) is 0 Å². The maximum Gasteiger partial charge on any atom is 0.128 e. The van der Waals surface area contributed by atoms with Crippen molar-refractivity contribution in [2.75, 3.05) is 18.5 Å². The average Bonchev–Trinajstić information content (AvgIpc) is 2.77. The van der Waals surface area contributed by atoms with Gasteiger partial charge in [-0.2, -0.15) is 0 Å². The molecule has 0 bridgehead atoms. The van der Waals surface area contributed by atoms with Gasteiger partial charge in [-0.1, -0.05) is 22.0 Å². The van der Waals surface area contributed by atoms with E-state index in [1.807, 2.05) is 24.3 Å². The van der Waals surface area contributed by atoms with Crippen LogP contribution in [0.2, 0.25) is 0 Å². The summed E-state index contributed by atoms with van der Waals surface area (Å²) >= 11 is 3.43. The molecule has 0 fully saturated rings. The lowest BCUT2D eigenvalue weighted by atomic mass is 9.92. The van der Waals surface area contributed by atoms with Gasteiger partial charge in [-0.3, -0.25) is 0 Å². The summed E-state index contributed by atoms with van der Waals surface area (Å²) < 4.78 is 6.55. The number of aliphatic hydroxyl groups is 1. The zero-order valence-electron chi connectivity index (χ0n) is 10.6. The molecule has 2 aromatic rings. The Morgan fingerprint density at radius 1 is 1.25 bits per heavy atom. The predicted molar refractivity (Wildman–Crippen MR) is 80.1 cm³/mol. The van der Waals surface area contributed by atoms with Crippen LogP contribution >= 0.6 is 15.9 Å². The van der Waals surface area contributed by atoms with E-state index in [1.165, 1.54) is 0 Å². The van der Waals surface area contributed by atoms with Crippen LogP contribution < -0.4 is 10.1 Å². The van der Waals surface area contributed by atoms with Crippen LogP contribution in [0.4, 0.5) is 5.69 Å². The first-order valence-corrected chi connectivity index (χ1v) is 7.03. The van der Waals surface area contributed by atoms with E-state index in [0.717, 1.165) is 15.7 Å². The summed E-state index contributed by atoms with van der Waals surface area (Å²) in [6.07, 6.45) is 0. The van der Waals surface area contributed by atoms with Crippen molar-refractivity contribution in [2.24, 2.45) is 0 Å². The molecule has 1 heterocycles. The Morgan fingerprint density at radius 3 is 2.85 bits per heavy atom. The van der Waals surface area contributed by atoms with E-state index >= 15 is 0 Å². The first-order valence-electron chi connectivity index (χ1n) is 6.24. The van der Waals surface area contributed by atoms with Crippen molar-refractivity contribution in [3.8, 4) is 11.5 Å². The maximum absolute atomic E-state index is 9.85. The smallest absolute Gasteiger partial charge is 0.128 e. The van der Waals surface area contributed by atoms with Crippen molar-refractivity contribution < 1.29 is 14.9 Å². The fraction of sp³-hybridized carbons (Fsp3) is 0.200. The van der Waals surface area contributed by atoms with E-state index in [0.29, 0.717) is 12.4 Å². The topological polar surface area (TPSA) is 61.7 Å². The number of fused-ring (bicyclic) bond motifs is 1. The highest BCUT2D eigenvalue weighted by molar-refractivity contribution is 9.10. The molecule has 1 atom stereocenters. The number of rotatable bonds is 3. The molecule has 4 nitrogen and oxygen atoms in total. The minimum Gasteiger partial charge on any atom is -0.508 e. The second-order valence-electron chi connectivity index (χ2n) is 4.84. The van der Waals surface area contributed by atoms with Crippen LogP contribution in [-0.2, 0) is 5.54 Å². The van der Waals surface area contributed by atoms with E-state index in [2.05, 4.69) is 21.2 Å². The number of ether oxygens (including phenoxy) is 1. The molecule has 0 amide bonds. The predicted octanol–water partition coefficient (Wildman–Crippen LogP) is 2.85. The molecular formula is C15H14BrNO3. The van der Waals surface area contributed by atoms with Crippen LogP contribution in [-0.4, -0.2) is 23.4 Å². The van der Waals surface area contributed by atoms with E-state index < -0.39 is 5.54 Å². The quantitative estimate of drug-likeness (QED) is 0.807. The number of benzene rings is 2. The lowest BCUT2D eigenvalue weighted by Gasteiger charge is -2.28. The normalized spacial score (nSPS) is 20.3. The number of hydrogen-bond acceptors (Lipinski definition) is 4. The van der Waals surface area contributed by atoms with Gasteiger partial charge in [-0.25, -0.2) is 0 Å². The van der Waals surface area contributed by atoms with Gasteiger partial charge in [0.15, 0.2) is 0 Å². The summed E-state index contributed by atoms with van der Waals surface area (Å²) in [4.78, 5) is 0. The number of hydrogen-bond donors (Lipinski definition) is 3. The van der Waals surface area contributed by atoms with Crippen LogP contribution in [0.1, 0.15) is 5.56 Å². The third-order valence-electron chi connectivity index (χ3n) is 3.43. The average molecular weight is 336 g/mol. The molecule has 20 heavy (non-hydrogen) atoms. The van der Waals surface area contributed by atoms with Crippen LogP contribution in [0, 0.1) is 0 Å². The first-order chi connectivity index (χ1) is 9.63. The summed E-state index contributed by atoms with van der Waals surface area (Å²) in [5, 5.41) is 22.7. The SMILES string of the molecule is OCC1(Nc2cccc(Br)c2)COc2cc(O)ccc21. The molecule has 3 rings (SSSR count). The van der Waals surface area contributed by atoms with Gasteiger partial charge < -0.3 is 20.3 Å². The standard InChI is InChI=1S/C15H14BrNO3/c16-10-2-1-3-11(6-10)17-15(8-18)9-20-14-7-12(19)4-5-13(14)15/h1-7,17-19H,8-9H2. The number of nitrogens with one attached hydrogen (secondary N) is 1. The molecule has 0 aliphatic carbocycles. The van der Waals surface area contributed by atoms with Gasteiger partial charge in [0.2, 0.25) is 0 Å². The lowest BCUT2D eigenvalue weighted by molar-refractivity contribution is 0.177. The number of aliphatic hydroxyl groups excluding tert-OH is 1. The third-order valence-corrected chi connectivity index (χ3v) is 3.93. The largest absolute Gasteiger partial charge is 0.508 e. The molecule has 0 radical (unpaired) electrons. The Kier molecular flexibility index (Phi) is 3.31. The number of anilines is 1. The van der Waals surface area contributed by atoms with Gasteiger partial charge in [-0.15, -0.1) is 0 Å². The molecule has 0 spiro atoms. The van der Waals surface area contributed by atoms with Gasteiger partial charge in [-0.05, 0) is 30.3 Å². The second kappa shape index (κ2) is 5.00. The van der Waals surface area contributed by atoms with E-state index in [-0.39, 0.29) is 12.4 Å². The molecule has 0 saturated carbocycles. The molecule has 1 aliphatic heterocycles. The van der Waals surface area contributed by atoms with Crippen molar-refractivity contribution in [3.05, 3.63) is 52.5 Å². The van der Waals surface area contributed by atoms with E-state index in [4.69, 9.17) is 4.74 Å². The Balaban J connectivity index is 1.98. The molecule has 2 aromatic carbocycles. The zero-order valence-corrected chi connectivity index (χ0v) is 12.2.